The van der Waals surface area contributed by atoms with Crippen LogP contribution < -0.4 is 14.8 Å². The Morgan fingerprint density at radius 2 is 2.06 bits per heavy atom. The Bertz CT molecular complexity index is 428. The molecule has 0 bridgehead atoms. The van der Waals surface area contributed by atoms with Crippen LogP contribution in [0, 0.1) is 0 Å². The molecule has 0 amide bonds. The smallest absolute Gasteiger partial charge is 0.179 e. The van der Waals surface area contributed by atoms with Crippen LogP contribution in [0.4, 0.5) is 0 Å². The summed E-state index contributed by atoms with van der Waals surface area (Å²) < 4.78 is 10.9. The zero-order valence-electron chi connectivity index (χ0n) is 11.2. The van der Waals surface area contributed by atoms with Crippen LogP contribution in [0.3, 0.4) is 0 Å². The molecule has 0 aliphatic carbocycles. The molecule has 1 aromatic carbocycles. The molecule has 1 heterocycles. The number of halogens is 1. The Morgan fingerprint density at radius 1 is 1.33 bits per heavy atom. The lowest BCUT2D eigenvalue weighted by atomic mass is 9.96. The van der Waals surface area contributed by atoms with E-state index in [-0.39, 0.29) is 0 Å². The maximum absolute atomic E-state index is 6.29. The summed E-state index contributed by atoms with van der Waals surface area (Å²) in [5.74, 6) is 1.41. The largest absolute Gasteiger partial charge is 0.493 e. The van der Waals surface area contributed by atoms with Crippen molar-refractivity contribution in [3.8, 4) is 11.5 Å². The van der Waals surface area contributed by atoms with Crippen molar-refractivity contribution >= 4 is 11.6 Å². The molecule has 0 saturated carbocycles. The van der Waals surface area contributed by atoms with Crippen molar-refractivity contribution in [3.63, 3.8) is 0 Å². The van der Waals surface area contributed by atoms with Crippen LogP contribution in [-0.4, -0.2) is 20.8 Å². The lowest BCUT2D eigenvalue weighted by molar-refractivity contribution is 0.351. The van der Waals surface area contributed by atoms with Gasteiger partial charge in [-0.15, -0.1) is 0 Å². The van der Waals surface area contributed by atoms with Gasteiger partial charge in [0, 0.05) is 11.6 Å². The summed E-state index contributed by atoms with van der Waals surface area (Å²) in [5.41, 5.74) is 2.44. The number of methoxy groups -OCH3 is 2. The van der Waals surface area contributed by atoms with E-state index >= 15 is 0 Å². The maximum Gasteiger partial charge on any atom is 0.179 e. The van der Waals surface area contributed by atoms with E-state index < -0.39 is 0 Å². The minimum Gasteiger partial charge on any atom is -0.493 e. The van der Waals surface area contributed by atoms with E-state index in [9.17, 15) is 0 Å². The highest BCUT2D eigenvalue weighted by atomic mass is 35.5. The molecule has 1 unspecified atom stereocenters. The lowest BCUT2D eigenvalue weighted by Crippen LogP contribution is -2.15. The first-order valence-corrected chi connectivity index (χ1v) is 6.77. The van der Waals surface area contributed by atoms with Crippen molar-refractivity contribution in [3.05, 3.63) is 22.2 Å². The van der Waals surface area contributed by atoms with Crippen LogP contribution in [-0.2, 0) is 6.42 Å². The summed E-state index contributed by atoms with van der Waals surface area (Å²) in [4.78, 5) is 0. The van der Waals surface area contributed by atoms with Gasteiger partial charge in [0.15, 0.2) is 11.5 Å². The fraction of sp³-hybridized carbons (Fsp3) is 0.571. The molecule has 1 aromatic rings. The van der Waals surface area contributed by atoms with Crippen molar-refractivity contribution in [2.24, 2.45) is 0 Å². The average Bonchev–Trinajstić information content (AvgIpc) is 2.90. The van der Waals surface area contributed by atoms with Gasteiger partial charge in [0.1, 0.15) is 0 Å². The molecule has 100 valence electrons. The maximum atomic E-state index is 6.29. The topological polar surface area (TPSA) is 30.5 Å². The zero-order chi connectivity index (χ0) is 13.1. The standard InChI is InChI=1S/C14H20ClNO2/c1-4-9-10(12-6-5-7-16-12)8-11(15)14(18-3)13(9)17-2/h8,12,16H,4-7H2,1-3H3. The second kappa shape index (κ2) is 5.81. The molecule has 1 saturated heterocycles. The SMILES string of the molecule is CCc1c(C2CCCN2)cc(Cl)c(OC)c1OC. The normalized spacial score (nSPS) is 19.0. The van der Waals surface area contributed by atoms with Crippen LogP contribution in [0.1, 0.15) is 36.9 Å². The van der Waals surface area contributed by atoms with Gasteiger partial charge in [-0.1, -0.05) is 18.5 Å². The molecule has 1 aliphatic heterocycles. The van der Waals surface area contributed by atoms with Gasteiger partial charge in [0.05, 0.1) is 19.2 Å². The Balaban J connectivity index is 2.55. The minimum atomic E-state index is 0.386. The molecule has 1 atom stereocenters. The van der Waals surface area contributed by atoms with E-state index in [2.05, 4.69) is 12.2 Å². The molecule has 1 aliphatic rings. The molecule has 2 rings (SSSR count). The summed E-state index contributed by atoms with van der Waals surface area (Å²) in [7, 11) is 3.29. The van der Waals surface area contributed by atoms with Crippen LogP contribution in [0.25, 0.3) is 0 Å². The van der Waals surface area contributed by atoms with Crippen molar-refractivity contribution < 1.29 is 9.47 Å². The highest BCUT2D eigenvalue weighted by Gasteiger charge is 2.24. The van der Waals surface area contributed by atoms with Gasteiger partial charge in [0.25, 0.3) is 0 Å². The fourth-order valence-corrected chi connectivity index (χ4v) is 2.98. The predicted molar refractivity (Wildman–Crippen MR) is 73.9 cm³/mol. The Hall–Kier alpha value is -0.930. The Labute approximate surface area is 113 Å². The molecule has 1 fully saturated rings. The van der Waals surface area contributed by atoms with Crippen molar-refractivity contribution in [2.45, 2.75) is 32.2 Å². The first-order chi connectivity index (χ1) is 8.72. The van der Waals surface area contributed by atoms with Gasteiger partial charge in [-0.3, -0.25) is 0 Å². The van der Waals surface area contributed by atoms with E-state index in [1.807, 2.05) is 6.07 Å². The zero-order valence-corrected chi connectivity index (χ0v) is 11.9. The summed E-state index contributed by atoms with van der Waals surface area (Å²) in [6.07, 6.45) is 3.27. The summed E-state index contributed by atoms with van der Waals surface area (Å²) in [5, 5.41) is 4.13. The van der Waals surface area contributed by atoms with Crippen molar-refractivity contribution in [1.82, 2.24) is 5.32 Å². The van der Waals surface area contributed by atoms with Crippen LogP contribution in [0.5, 0.6) is 11.5 Å². The van der Waals surface area contributed by atoms with E-state index in [0.29, 0.717) is 16.8 Å². The van der Waals surface area contributed by atoms with Gasteiger partial charge in [-0.25, -0.2) is 0 Å². The number of nitrogens with one attached hydrogen (secondary N) is 1. The molecule has 0 aromatic heterocycles. The van der Waals surface area contributed by atoms with Gasteiger partial charge < -0.3 is 14.8 Å². The third kappa shape index (κ3) is 2.29. The number of hydrogen-bond donors (Lipinski definition) is 1. The quantitative estimate of drug-likeness (QED) is 0.909. The van der Waals surface area contributed by atoms with Crippen LogP contribution >= 0.6 is 11.6 Å². The van der Waals surface area contributed by atoms with Crippen molar-refractivity contribution in [2.75, 3.05) is 20.8 Å². The molecule has 18 heavy (non-hydrogen) atoms. The number of ether oxygens (including phenoxy) is 2. The second-order valence-corrected chi connectivity index (χ2v) is 4.90. The molecule has 0 spiro atoms. The Kier molecular flexibility index (Phi) is 4.36. The number of rotatable bonds is 4. The van der Waals surface area contributed by atoms with E-state index in [1.54, 1.807) is 14.2 Å². The average molecular weight is 270 g/mol. The predicted octanol–water partition coefficient (Wildman–Crippen LogP) is 3.34. The monoisotopic (exact) mass is 269 g/mol. The van der Waals surface area contributed by atoms with Gasteiger partial charge >= 0.3 is 0 Å². The van der Waals surface area contributed by atoms with Gasteiger partial charge in [0.2, 0.25) is 0 Å². The minimum absolute atomic E-state index is 0.386. The number of hydrogen-bond acceptors (Lipinski definition) is 3. The summed E-state index contributed by atoms with van der Waals surface area (Å²) in [6, 6.07) is 2.40. The highest BCUT2D eigenvalue weighted by Crippen LogP contribution is 2.43. The van der Waals surface area contributed by atoms with Gasteiger partial charge in [-0.05, 0) is 37.4 Å². The molecular weight excluding hydrogens is 250 g/mol. The molecule has 4 heteroatoms. The highest BCUT2D eigenvalue weighted by molar-refractivity contribution is 6.32. The molecule has 0 radical (unpaired) electrons. The van der Waals surface area contributed by atoms with E-state index in [0.717, 1.165) is 25.1 Å². The fourth-order valence-electron chi connectivity index (χ4n) is 2.70. The molecular formula is C14H20ClNO2. The van der Waals surface area contributed by atoms with Crippen LogP contribution in [0.2, 0.25) is 5.02 Å². The first-order valence-electron chi connectivity index (χ1n) is 6.39. The van der Waals surface area contributed by atoms with Crippen LogP contribution in [0.15, 0.2) is 6.07 Å². The second-order valence-electron chi connectivity index (χ2n) is 4.50. The molecule has 1 N–H and O–H groups in total. The number of benzene rings is 1. The van der Waals surface area contributed by atoms with Gasteiger partial charge in [-0.2, -0.15) is 0 Å². The van der Waals surface area contributed by atoms with E-state index in [4.69, 9.17) is 21.1 Å². The first kappa shape index (κ1) is 13.5. The van der Waals surface area contributed by atoms with Crippen molar-refractivity contribution in [1.29, 1.82) is 0 Å². The van der Waals surface area contributed by atoms with E-state index in [1.165, 1.54) is 17.5 Å². The summed E-state index contributed by atoms with van der Waals surface area (Å²) >= 11 is 6.29. The third-order valence-corrected chi connectivity index (χ3v) is 3.81. The Morgan fingerprint density at radius 3 is 2.56 bits per heavy atom. The third-order valence-electron chi connectivity index (χ3n) is 3.53. The summed E-state index contributed by atoms with van der Waals surface area (Å²) in [6.45, 7) is 3.20. The molecule has 3 nitrogen and oxygen atoms in total. The lowest BCUT2D eigenvalue weighted by Gasteiger charge is -2.21.